The van der Waals surface area contributed by atoms with Gasteiger partial charge in [-0.2, -0.15) is 0 Å². The van der Waals surface area contributed by atoms with Crippen molar-refractivity contribution < 1.29 is 9.46 Å². The summed E-state index contributed by atoms with van der Waals surface area (Å²) in [5, 5.41) is 0.614. The molecule has 0 aliphatic rings. The molecule has 2 aromatic rings. The second-order valence-corrected chi connectivity index (χ2v) is 10.9. The molecule has 2 nitrogen and oxygen atoms in total. The maximum Gasteiger partial charge on any atom is 0.319 e. The normalized spacial score (nSPS) is 14.1. The first-order chi connectivity index (χ1) is 8.55. The summed E-state index contributed by atoms with van der Waals surface area (Å²) in [4.78, 5) is 11.5. The van der Waals surface area contributed by atoms with Crippen LogP contribution in [-0.2, 0) is 4.57 Å². The number of rotatable bonds is 4. The van der Waals surface area contributed by atoms with E-state index in [-0.39, 0.29) is 0 Å². The van der Waals surface area contributed by atoms with E-state index in [1.54, 1.807) is 24.3 Å². The Hall–Kier alpha value is -0.380. The first kappa shape index (κ1) is 14.0. The topological polar surface area (TPSA) is 37.3 Å². The van der Waals surface area contributed by atoms with Crippen LogP contribution in [0.3, 0.4) is 0 Å². The Kier molecular flexibility index (Phi) is 4.82. The van der Waals surface area contributed by atoms with E-state index in [4.69, 9.17) is 11.6 Å². The van der Waals surface area contributed by atoms with Gasteiger partial charge in [-0.25, -0.2) is 0 Å². The zero-order chi connectivity index (χ0) is 13.0. The minimum Gasteiger partial charge on any atom is -0.329 e. The Morgan fingerprint density at radius 1 is 0.889 bits per heavy atom. The molecule has 1 atom stereocenters. The van der Waals surface area contributed by atoms with Crippen LogP contribution in [0.4, 0.5) is 0 Å². The van der Waals surface area contributed by atoms with E-state index in [1.807, 2.05) is 30.3 Å². The lowest BCUT2D eigenvalue weighted by Crippen LogP contribution is -1.73. The zero-order valence-corrected chi connectivity index (χ0v) is 12.5. The minimum absolute atomic E-state index is 0.614. The van der Waals surface area contributed by atoms with Crippen LogP contribution in [0.1, 0.15) is 0 Å². The van der Waals surface area contributed by atoms with E-state index in [1.165, 1.54) is 0 Å². The largest absolute Gasteiger partial charge is 0.329 e. The van der Waals surface area contributed by atoms with Crippen molar-refractivity contribution in [1.29, 1.82) is 0 Å². The summed E-state index contributed by atoms with van der Waals surface area (Å²) < 4.78 is 12.1. The average Bonchev–Trinajstić information content (AvgIpc) is 2.32. The molecule has 0 aromatic heterocycles. The van der Waals surface area contributed by atoms with Gasteiger partial charge in [-0.3, -0.25) is 4.57 Å². The molecule has 6 heteroatoms. The molecule has 0 aliphatic carbocycles. The maximum atomic E-state index is 12.1. The molecule has 0 saturated carbocycles. The van der Waals surface area contributed by atoms with Crippen molar-refractivity contribution in [2.45, 2.75) is 9.79 Å². The Morgan fingerprint density at radius 2 is 1.39 bits per heavy atom. The standard InChI is InChI=1S/C12H10ClO2PS2/c13-10-6-8-12(9-7-10)18-16(14,15)17-11-4-2-1-3-5-11/h1-9H,(H,14,15). The van der Waals surface area contributed by atoms with Crippen LogP contribution in [-0.4, -0.2) is 4.89 Å². The quantitative estimate of drug-likeness (QED) is 0.774. The van der Waals surface area contributed by atoms with E-state index in [0.29, 0.717) is 5.02 Å². The monoisotopic (exact) mass is 316 g/mol. The van der Waals surface area contributed by atoms with Gasteiger partial charge < -0.3 is 4.89 Å². The smallest absolute Gasteiger partial charge is 0.319 e. The zero-order valence-electron chi connectivity index (χ0n) is 9.19. The van der Waals surface area contributed by atoms with Gasteiger partial charge in [0.1, 0.15) is 0 Å². The highest BCUT2D eigenvalue weighted by Crippen LogP contribution is 2.70. The van der Waals surface area contributed by atoms with Crippen LogP contribution in [0, 0.1) is 0 Å². The van der Waals surface area contributed by atoms with Crippen molar-refractivity contribution >= 4 is 40.1 Å². The number of halogens is 1. The predicted molar refractivity (Wildman–Crippen MR) is 79.4 cm³/mol. The lowest BCUT2D eigenvalue weighted by Gasteiger charge is -2.09. The van der Waals surface area contributed by atoms with Crippen molar-refractivity contribution in [3.8, 4) is 0 Å². The first-order valence-electron chi connectivity index (χ1n) is 5.08. The van der Waals surface area contributed by atoms with Crippen LogP contribution in [0.5, 0.6) is 0 Å². The molecular weight excluding hydrogens is 307 g/mol. The highest BCUT2D eigenvalue weighted by molar-refractivity contribution is 8.89. The van der Waals surface area contributed by atoms with Gasteiger partial charge in [0.05, 0.1) is 0 Å². The highest BCUT2D eigenvalue weighted by atomic mass is 35.5. The van der Waals surface area contributed by atoms with Gasteiger partial charge in [0.25, 0.3) is 0 Å². The van der Waals surface area contributed by atoms with Crippen LogP contribution >= 0.6 is 40.1 Å². The molecule has 1 N–H and O–H groups in total. The van der Waals surface area contributed by atoms with Crippen LogP contribution in [0.2, 0.25) is 5.02 Å². The van der Waals surface area contributed by atoms with Gasteiger partial charge in [-0.1, -0.05) is 29.8 Å². The second-order valence-electron chi connectivity index (χ2n) is 3.42. The molecule has 0 amide bonds. The summed E-state index contributed by atoms with van der Waals surface area (Å²) in [5.41, 5.74) is 0. The summed E-state index contributed by atoms with van der Waals surface area (Å²) in [7, 11) is 0. The molecule has 94 valence electrons. The predicted octanol–water partition coefficient (Wildman–Crippen LogP) is 5.32. The van der Waals surface area contributed by atoms with Crippen LogP contribution < -0.4 is 0 Å². The van der Waals surface area contributed by atoms with Crippen LogP contribution in [0.15, 0.2) is 64.4 Å². The van der Waals surface area contributed by atoms with E-state index in [0.717, 1.165) is 32.6 Å². The van der Waals surface area contributed by atoms with Gasteiger partial charge in [0.15, 0.2) is 0 Å². The van der Waals surface area contributed by atoms with E-state index in [2.05, 4.69) is 0 Å². The molecule has 2 rings (SSSR count). The molecule has 18 heavy (non-hydrogen) atoms. The number of hydrogen-bond donors (Lipinski definition) is 1. The molecule has 0 radical (unpaired) electrons. The van der Waals surface area contributed by atoms with Crippen molar-refractivity contribution in [3.63, 3.8) is 0 Å². The van der Waals surface area contributed by atoms with Crippen molar-refractivity contribution in [1.82, 2.24) is 0 Å². The van der Waals surface area contributed by atoms with E-state index < -0.39 is 5.77 Å². The Labute approximate surface area is 119 Å². The molecule has 2 aromatic carbocycles. The van der Waals surface area contributed by atoms with Gasteiger partial charge >= 0.3 is 5.77 Å². The van der Waals surface area contributed by atoms with Crippen molar-refractivity contribution in [3.05, 3.63) is 59.6 Å². The van der Waals surface area contributed by atoms with Gasteiger partial charge in [-0.05, 0) is 59.2 Å². The van der Waals surface area contributed by atoms with Gasteiger partial charge in [-0.15, -0.1) is 0 Å². The van der Waals surface area contributed by atoms with Crippen LogP contribution in [0.25, 0.3) is 0 Å². The Bertz CT molecular complexity index is 560. The highest BCUT2D eigenvalue weighted by Gasteiger charge is 2.22. The maximum absolute atomic E-state index is 12.1. The second kappa shape index (κ2) is 6.18. The molecule has 1 unspecified atom stereocenters. The molecule has 0 saturated heterocycles. The molecule has 0 fully saturated rings. The summed E-state index contributed by atoms with van der Waals surface area (Å²) in [5.74, 6) is -3.36. The number of benzene rings is 2. The summed E-state index contributed by atoms with van der Waals surface area (Å²) >= 11 is 7.72. The van der Waals surface area contributed by atoms with Crippen molar-refractivity contribution in [2.24, 2.45) is 0 Å². The summed E-state index contributed by atoms with van der Waals surface area (Å²) in [6.07, 6.45) is 0. The third-order valence-corrected chi connectivity index (χ3v) is 7.67. The number of hydrogen-bond acceptors (Lipinski definition) is 3. The lowest BCUT2D eigenvalue weighted by atomic mass is 10.4. The third kappa shape index (κ3) is 4.38. The molecule has 0 aliphatic heterocycles. The Morgan fingerprint density at radius 3 is 1.94 bits per heavy atom. The van der Waals surface area contributed by atoms with E-state index in [9.17, 15) is 9.46 Å². The SMILES string of the molecule is O=P(O)(Sc1ccccc1)Sc1ccc(Cl)cc1. The molecule has 0 heterocycles. The molecule has 0 spiro atoms. The first-order valence-corrected chi connectivity index (χ1v) is 9.96. The van der Waals surface area contributed by atoms with Gasteiger partial charge in [0.2, 0.25) is 0 Å². The van der Waals surface area contributed by atoms with E-state index >= 15 is 0 Å². The fraction of sp³-hybridized carbons (Fsp3) is 0. The fourth-order valence-electron chi connectivity index (χ4n) is 1.26. The lowest BCUT2D eigenvalue weighted by molar-refractivity contribution is 0.514. The molecular formula is C12H10ClO2PS2. The Balaban J connectivity index is 2.08. The van der Waals surface area contributed by atoms with Crippen molar-refractivity contribution in [2.75, 3.05) is 0 Å². The minimum atomic E-state index is -3.36. The fourth-order valence-corrected chi connectivity index (χ4v) is 6.82. The average molecular weight is 317 g/mol. The van der Waals surface area contributed by atoms with Gasteiger partial charge in [0, 0.05) is 14.8 Å². The molecule has 0 bridgehead atoms. The summed E-state index contributed by atoms with van der Waals surface area (Å²) in [6.45, 7) is 0. The third-order valence-electron chi connectivity index (χ3n) is 2.00. The summed E-state index contributed by atoms with van der Waals surface area (Å²) in [6, 6.07) is 16.1.